The highest BCUT2D eigenvalue weighted by atomic mass is 15.1. The molecular formula is C15H16N4. The SMILES string of the molecule is N=C(N)c1ncccc1N1CCc2ccccc2C1. The minimum absolute atomic E-state index is 0.0226. The van der Waals surface area contributed by atoms with E-state index in [0.717, 1.165) is 25.2 Å². The van der Waals surface area contributed by atoms with Crippen molar-refractivity contribution in [1.82, 2.24) is 4.98 Å². The average Bonchev–Trinajstić information content (AvgIpc) is 2.46. The van der Waals surface area contributed by atoms with Crippen LogP contribution in [0.3, 0.4) is 0 Å². The van der Waals surface area contributed by atoms with Crippen molar-refractivity contribution in [2.45, 2.75) is 13.0 Å². The molecule has 0 spiro atoms. The van der Waals surface area contributed by atoms with Crippen LogP contribution in [-0.2, 0) is 13.0 Å². The van der Waals surface area contributed by atoms with Crippen LogP contribution in [0.5, 0.6) is 0 Å². The van der Waals surface area contributed by atoms with E-state index < -0.39 is 0 Å². The van der Waals surface area contributed by atoms with E-state index in [1.807, 2.05) is 12.1 Å². The smallest absolute Gasteiger partial charge is 0.143 e. The number of aromatic nitrogens is 1. The Morgan fingerprint density at radius 2 is 1.95 bits per heavy atom. The molecule has 0 aliphatic carbocycles. The maximum Gasteiger partial charge on any atom is 0.143 e. The largest absolute Gasteiger partial charge is 0.382 e. The molecule has 1 aliphatic heterocycles. The van der Waals surface area contributed by atoms with Crippen LogP contribution in [0.25, 0.3) is 0 Å². The molecular weight excluding hydrogens is 236 g/mol. The number of hydrogen-bond acceptors (Lipinski definition) is 3. The fourth-order valence-corrected chi connectivity index (χ4v) is 2.56. The lowest BCUT2D eigenvalue weighted by Crippen LogP contribution is -2.32. The summed E-state index contributed by atoms with van der Waals surface area (Å²) >= 11 is 0. The summed E-state index contributed by atoms with van der Waals surface area (Å²) in [6.45, 7) is 1.78. The van der Waals surface area contributed by atoms with Gasteiger partial charge in [-0.2, -0.15) is 0 Å². The van der Waals surface area contributed by atoms with E-state index in [1.54, 1.807) is 6.20 Å². The Hall–Kier alpha value is -2.36. The molecule has 0 atom stereocenters. The van der Waals surface area contributed by atoms with Crippen molar-refractivity contribution < 1.29 is 0 Å². The highest BCUT2D eigenvalue weighted by Gasteiger charge is 2.19. The Kier molecular flexibility index (Phi) is 2.91. The number of benzene rings is 1. The molecule has 3 N–H and O–H groups in total. The third-order valence-corrected chi connectivity index (χ3v) is 3.51. The molecule has 0 saturated carbocycles. The van der Waals surface area contributed by atoms with Crippen LogP contribution >= 0.6 is 0 Å². The molecule has 1 aliphatic rings. The predicted molar refractivity (Wildman–Crippen MR) is 76.4 cm³/mol. The van der Waals surface area contributed by atoms with E-state index in [2.05, 4.69) is 34.1 Å². The van der Waals surface area contributed by atoms with Crippen LogP contribution < -0.4 is 10.6 Å². The van der Waals surface area contributed by atoms with E-state index in [0.29, 0.717) is 5.69 Å². The van der Waals surface area contributed by atoms with Gasteiger partial charge in [0.2, 0.25) is 0 Å². The summed E-state index contributed by atoms with van der Waals surface area (Å²) < 4.78 is 0. The summed E-state index contributed by atoms with van der Waals surface area (Å²) in [7, 11) is 0. The topological polar surface area (TPSA) is 66.0 Å². The quantitative estimate of drug-likeness (QED) is 0.634. The Morgan fingerprint density at radius 1 is 1.16 bits per heavy atom. The van der Waals surface area contributed by atoms with E-state index in [-0.39, 0.29) is 5.84 Å². The lowest BCUT2D eigenvalue weighted by molar-refractivity contribution is 0.729. The number of nitrogen functional groups attached to an aromatic ring is 1. The first kappa shape index (κ1) is 11.7. The monoisotopic (exact) mass is 252 g/mol. The second kappa shape index (κ2) is 4.72. The molecule has 2 aromatic rings. The molecule has 1 aromatic heterocycles. The summed E-state index contributed by atoms with van der Waals surface area (Å²) in [6.07, 6.45) is 2.69. The minimum atomic E-state index is 0.0226. The fourth-order valence-electron chi connectivity index (χ4n) is 2.56. The van der Waals surface area contributed by atoms with Crippen molar-refractivity contribution in [3.63, 3.8) is 0 Å². The molecule has 0 bridgehead atoms. The Labute approximate surface area is 112 Å². The van der Waals surface area contributed by atoms with Crippen LogP contribution in [0, 0.1) is 5.41 Å². The Bertz CT molecular complexity index is 621. The van der Waals surface area contributed by atoms with Gasteiger partial charge in [-0.1, -0.05) is 24.3 Å². The van der Waals surface area contributed by atoms with Gasteiger partial charge in [0.05, 0.1) is 5.69 Å². The molecule has 0 fully saturated rings. The van der Waals surface area contributed by atoms with Gasteiger partial charge in [0.1, 0.15) is 11.5 Å². The van der Waals surface area contributed by atoms with Crippen molar-refractivity contribution >= 4 is 11.5 Å². The molecule has 3 rings (SSSR count). The molecule has 1 aromatic carbocycles. The second-order valence-electron chi connectivity index (χ2n) is 4.73. The maximum absolute atomic E-state index is 7.63. The Balaban J connectivity index is 1.95. The standard InChI is InChI=1S/C15H16N4/c16-15(17)14-13(6-3-8-18-14)19-9-7-11-4-1-2-5-12(11)10-19/h1-6,8H,7,9-10H2,(H3,16,17). The highest BCUT2D eigenvalue weighted by molar-refractivity contribution is 5.98. The van der Waals surface area contributed by atoms with Crippen molar-refractivity contribution in [2.24, 2.45) is 5.73 Å². The van der Waals surface area contributed by atoms with Crippen molar-refractivity contribution in [2.75, 3.05) is 11.4 Å². The zero-order valence-electron chi connectivity index (χ0n) is 10.6. The maximum atomic E-state index is 7.63. The van der Waals surface area contributed by atoms with Crippen LogP contribution in [0.2, 0.25) is 0 Å². The minimum Gasteiger partial charge on any atom is -0.382 e. The molecule has 19 heavy (non-hydrogen) atoms. The number of hydrogen-bond donors (Lipinski definition) is 2. The third kappa shape index (κ3) is 2.17. The van der Waals surface area contributed by atoms with E-state index in [1.165, 1.54) is 11.1 Å². The molecule has 4 nitrogen and oxygen atoms in total. The highest BCUT2D eigenvalue weighted by Crippen LogP contribution is 2.25. The molecule has 0 saturated heterocycles. The van der Waals surface area contributed by atoms with Gasteiger partial charge in [-0.15, -0.1) is 0 Å². The first-order chi connectivity index (χ1) is 9.25. The molecule has 0 radical (unpaired) electrons. The van der Waals surface area contributed by atoms with Gasteiger partial charge in [-0.05, 0) is 29.7 Å². The molecule has 0 amide bonds. The molecule has 96 valence electrons. The molecule has 2 heterocycles. The summed E-state index contributed by atoms with van der Waals surface area (Å²) in [5.74, 6) is 0.0226. The normalized spacial score (nSPS) is 14.0. The van der Waals surface area contributed by atoms with Gasteiger partial charge >= 0.3 is 0 Å². The van der Waals surface area contributed by atoms with Crippen molar-refractivity contribution in [3.05, 3.63) is 59.4 Å². The summed E-state index contributed by atoms with van der Waals surface area (Å²) in [5, 5.41) is 7.63. The number of rotatable bonds is 2. The van der Waals surface area contributed by atoms with Gasteiger partial charge < -0.3 is 10.6 Å². The first-order valence-electron chi connectivity index (χ1n) is 6.37. The summed E-state index contributed by atoms with van der Waals surface area (Å²) in [5.41, 5.74) is 9.88. The molecule has 0 unspecified atom stereocenters. The van der Waals surface area contributed by atoms with Crippen molar-refractivity contribution in [3.8, 4) is 0 Å². The summed E-state index contributed by atoms with van der Waals surface area (Å²) in [6, 6.07) is 12.4. The number of nitrogens with two attached hydrogens (primary N) is 1. The van der Waals surface area contributed by atoms with Crippen molar-refractivity contribution in [1.29, 1.82) is 5.41 Å². The van der Waals surface area contributed by atoms with Crippen LogP contribution in [0.4, 0.5) is 5.69 Å². The lowest BCUT2D eigenvalue weighted by atomic mass is 9.99. The van der Waals surface area contributed by atoms with Crippen LogP contribution in [0.1, 0.15) is 16.8 Å². The zero-order valence-corrected chi connectivity index (χ0v) is 10.6. The van der Waals surface area contributed by atoms with Gasteiger partial charge in [0, 0.05) is 19.3 Å². The average molecular weight is 252 g/mol. The first-order valence-corrected chi connectivity index (χ1v) is 6.37. The number of nitrogens with one attached hydrogen (secondary N) is 1. The third-order valence-electron chi connectivity index (χ3n) is 3.51. The number of amidine groups is 1. The van der Waals surface area contributed by atoms with Crippen LogP contribution in [-0.4, -0.2) is 17.4 Å². The van der Waals surface area contributed by atoms with Gasteiger partial charge in [-0.3, -0.25) is 10.4 Å². The van der Waals surface area contributed by atoms with E-state index in [9.17, 15) is 0 Å². The van der Waals surface area contributed by atoms with Gasteiger partial charge in [0.15, 0.2) is 0 Å². The fraction of sp³-hybridized carbons (Fsp3) is 0.200. The second-order valence-corrected chi connectivity index (χ2v) is 4.73. The number of nitrogens with zero attached hydrogens (tertiary/aromatic N) is 2. The van der Waals surface area contributed by atoms with E-state index in [4.69, 9.17) is 11.1 Å². The number of anilines is 1. The van der Waals surface area contributed by atoms with Crippen LogP contribution in [0.15, 0.2) is 42.6 Å². The summed E-state index contributed by atoms with van der Waals surface area (Å²) in [4.78, 5) is 6.46. The van der Waals surface area contributed by atoms with E-state index >= 15 is 0 Å². The number of pyridine rings is 1. The predicted octanol–water partition coefficient (Wildman–Crippen LogP) is 1.93. The molecule has 4 heteroatoms. The Morgan fingerprint density at radius 3 is 2.74 bits per heavy atom. The van der Waals surface area contributed by atoms with Gasteiger partial charge in [-0.25, -0.2) is 0 Å². The zero-order chi connectivity index (χ0) is 13.2. The van der Waals surface area contributed by atoms with Gasteiger partial charge in [0.25, 0.3) is 0 Å². The number of fused-ring (bicyclic) bond motifs is 1. The lowest BCUT2D eigenvalue weighted by Gasteiger charge is -2.31.